The molecule has 0 bridgehead atoms. The van der Waals surface area contributed by atoms with Crippen LogP contribution in [0.2, 0.25) is 0 Å². The van der Waals surface area contributed by atoms with Crippen LogP contribution in [0, 0.1) is 0 Å². The summed E-state index contributed by atoms with van der Waals surface area (Å²) in [7, 11) is 0. The first-order chi connectivity index (χ1) is 7.41. The van der Waals surface area contributed by atoms with Gasteiger partial charge in [-0.3, -0.25) is 9.59 Å². The number of amides is 3. The van der Waals surface area contributed by atoms with E-state index >= 15 is 0 Å². The number of hydrogen-bond donors (Lipinski definition) is 4. The Balaban J connectivity index is 3.54. The van der Waals surface area contributed by atoms with Crippen LogP contribution in [0.15, 0.2) is 0 Å². The van der Waals surface area contributed by atoms with Crippen molar-refractivity contribution in [3.63, 3.8) is 0 Å². The summed E-state index contributed by atoms with van der Waals surface area (Å²) >= 11 is 0. The van der Waals surface area contributed by atoms with E-state index in [1.807, 2.05) is 13.8 Å². The molecule has 7 nitrogen and oxygen atoms in total. The third-order valence-corrected chi connectivity index (χ3v) is 1.49. The van der Waals surface area contributed by atoms with Crippen molar-refractivity contribution in [2.24, 2.45) is 0 Å². The van der Waals surface area contributed by atoms with Gasteiger partial charge in [0.15, 0.2) is 0 Å². The van der Waals surface area contributed by atoms with E-state index in [2.05, 4.69) is 16.0 Å². The lowest BCUT2D eigenvalue weighted by molar-refractivity contribution is -0.135. The molecule has 0 unspecified atom stereocenters. The maximum Gasteiger partial charge on any atom is 0.323 e. The van der Waals surface area contributed by atoms with Crippen molar-refractivity contribution >= 4 is 17.9 Å². The molecular weight excluding hydrogens is 214 g/mol. The fourth-order valence-electron chi connectivity index (χ4n) is 0.902. The third-order valence-electron chi connectivity index (χ3n) is 1.49. The number of carbonyl (C=O) groups excluding carboxylic acids is 2. The van der Waals surface area contributed by atoms with E-state index in [0.717, 1.165) is 0 Å². The normalized spacial score (nSPS) is 9.69. The molecule has 0 atom stereocenters. The van der Waals surface area contributed by atoms with E-state index in [9.17, 15) is 14.4 Å². The predicted octanol–water partition coefficient (Wildman–Crippen LogP) is -0.715. The van der Waals surface area contributed by atoms with E-state index in [-0.39, 0.29) is 24.9 Å². The summed E-state index contributed by atoms with van der Waals surface area (Å²) < 4.78 is 0. The Kier molecular flexibility index (Phi) is 6.66. The van der Waals surface area contributed by atoms with Gasteiger partial charge < -0.3 is 21.1 Å². The fraction of sp³-hybridized carbons (Fsp3) is 0.667. The molecular formula is C9H17N3O4. The zero-order valence-electron chi connectivity index (χ0n) is 9.37. The second-order valence-electron chi connectivity index (χ2n) is 3.48. The minimum atomic E-state index is -1.12. The molecule has 0 spiro atoms. The Bertz CT molecular complexity index is 265. The first-order valence-corrected chi connectivity index (χ1v) is 4.94. The SMILES string of the molecule is CC(C)NC(=O)CCNC(=O)NCC(=O)O. The lowest BCUT2D eigenvalue weighted by Gasteiger charge is -2.09. The van der Waals surface area contributed by atoms with Crippen molar-refractivity contribution in [3.8, 4) is 0 Å². The van der Waals surface area contributed by atoms with Gasteiger partial charge in [0, 0.05) is 19.0 Å². The van der Waals surface area contributed by atoms with E-state index in [1.165, 1.54) is 0 Å². The summed E-state index contributed by atoms with van der Waals surface area (Å²) in [4.78, 5) is 32.2. The summed E-state index contributed by atoms with van der Waals surface area (Å²) in [6, 6.07) is -0.534. The standard InChI is InChI=1S/C9H17N3O4/c1-6(2)12-7(13)3-4-10-9(16)11-5-8(14)15/h6H,3-5H2,1-2H3,(H,12,13)(H,14,15)(H2,10,11,16). The lowest BCUT2D eigenvalue weighted by Crippen LogP contribution is -2.40. The van der Waals surface area contributed by atoms with Crippen molar-refractivity contribution in [2.45, 2.75) is 26.3 Å². The number of rotatable bonds is 6. The molecule has 0 saturated heterocycles. The van der Waals surface area contributed by atoms with Crippen molar-refractivity contribution in [1.29, 1.82) is 0 Å². The van der Waals surface area contributed by atoms with Crippen LogP contribution in [0.5, 0.6) is 0 Å². The molecule has 3 amide bonds. The summed E-state index contributed by atoms with van der Waals surface area (Å²) in [6.45, 7) is 3.41. The maximum atomic E-state index is 11.1. The van der Waals surface area contributed by atoms with Crippen molar-refractivity contribution in [2.75, 3.05) is 13.1 Å². The Hall–Kier alpha value is -1.79. The van der Waals surface area contributed by atoms with Gasteiger partial charge in [-0.25, -0.2) is 4.79 Å². The Morgan fingerprint density at radius 1 is 1.19 bits per heavy atom. The van der Waals surface area contributed by atoms with Gasteiger partial charge in [-0.2, -0.15) is 0 Å². The van der Waals surface area contributed by atoms with Crippen LogP contribution >= 0.6 is 0 Å². The van der Waals surface area contributed by atoms with E-state index < -0.39 is 18.5 Å². The minimum Gasteiger partial charge on any atom is -0.480 e. The fourth-order valence-corrected chi connectivity index (χ4v) is 0.902. The average Bonchev–Trinajstić information content (AvgIpc) is 2.13. The molecule has 0 aliphatic heterocycles. The van der Waals surface area contributed by atoms with Crippen LogP contribution < -0.4 is 16.0 Å². The van der Waals surface area contributed by atoms with Crippen LogP contribution in [0.3, 0.4) is 0 Å². The number of nitrogens with one attached hydrogen (secondary N) is 3. The van der Waals surface area contributed by atoms with Crippen LogP contribution in [0.1, 0.15) is 20.3 Å². The predicted molar refractivity (Wildman–Crippen MR) is 56.9 cm³/mol. The molecule has 16 heavy (non-hydrogen) atoms. The summed E-state index contributed by atoms with van der Waals surface area (Å²) in [5.74, 6) is -1.28. The van der Waals surface area contributed by atoms with Gasteiger partial charge in [0.05, 0.1) is 0 Å². The molecule has 4 N–H and O–H groups in total. The molecule has 0 heterocycles. The Morgan fingerprint density at radius 3 is 2.31 bits per heavy atom. The van der Waals surface area contributed by atoms with E-state index in [0.29, 0.717) is 0 Å². The maximum absolute atomic E-state index is 11.1. The number of urea groups is 1. The van der Waals surface area contributed by atoms with Crippen LogP contribution in [0.25, 0.3) is 0 Å². The second kappa shape index (κ2) is 7.49. The van der Waals surface area contributed by atoms with Gasteiger partial charge in [0.1, 0.15) is 6.54 Å². The van der Waals surface area contributed by atoms with Gasteiger partial charge in [-0.05, 0) is 13.8 Å². The van der Waals surface area contributed by atoms with Crippen LogP contribution in [0.4, 0.5) is 4.79 Å². The second-order valence-corrected chi connectivity index (χ2v) is 3.48. The number of aliphatic carboxylic acids is 1. The van der Waals surface area contributed by atoms with E-state index in [1.54, 1.807) is 0 Å². The smallest absolute Gasteiger partial charge is 0.323 e. The zero-order chi connectivity index (χ0) is 12.6. The van der Waals surface area contributed by atoms with Crippen molar-refractivity contribution in [3.05, 3.63) is 0 Å². The summed E-state index contributed by atoms with van der Waals surface area (Å²) in [6.07, 6.45) is 0.165. The molecule has 0 aromatic rings. The average molecular weight is 231 g/mol. The molecule has 0 aromatic heterocycles. The van der Waals surface area contributed by atoms with Gasteiger partial charge >= 0.3 is 12.0 Å². The molecule has 7 heteroatoms. The first-order valence-electron chi connectivity index (χ1n) is 4.94. The monoisotopic (exact) mass is 231 g/mol. The van der Waals surface area contributed by atoms with Gasteiger partial charge in [0.25, 0.3) is 0 Å². The Morgan fingerprint density at radius 2 is 1.81 bits per heavy atom. The molecule has 0 radical (unpaired) electrons. The van der Waals surface area contributed by atoms with Crippen molar-refractivity contribution < 1.29 is 19.5 Å². The molecule has 0 rings (SSSR count). The summed E-state index contributed by atoms with van der Waals surface area (Å²) in [5.41, 5.74) is 0. The highest BCUT2D eigenvalue weighted by Crippen LogP contribution is 1.82. The molecule has 0 aromatic carbocycles. The Labute approximate surface area is 93.6 Å². The number of carbonyl (C=O) groups is 3. The van der Waals surface area contributed by atoms with Crippen LogP contribution in [-0.2, 0) is 9.59 Å². The van der Waals surface area contributed by atoms with Gasteiger partial charge in [0.2, 0.25) is 5.91 Å². The largest absolute Gasteiger partial charge is 0.480 e. The summed E-state index contributed by atoms with van der Waals surface area (Å²) in [5, 5.41) is 15.4. The number of hydrogen-bond acceptors (Lipinski definition) is 3. The molecule has 0 fully saturated rings. The number of carboxylic acids is 1. The van der Waals surface area contributed by atoms with Gasteiger partial charge in [-0.1, -0.05) is 0 Å². The zero-order valence-corrected chi connectivity index (χ0v) is 9.37. The molecule has 0 aliphatic carbocycles. The highest BCUT2D eigenvalue weighted by Gasteiger charge is 2.05. The lowest BCUT2D eigenvalue weighted by atomic mass is 10.3. The topological polar surface area (TPSA) is 108 Å². The number of carboxylic acid groups (broad SMARTS) is 1. The highest BCUT2D eigenvalue weighted by molar-refractivity contribution is 5.81. The minimum absolute atomic E-state index is 0.0633. The third kappa shape index (κ3) is 8.79. The van der Waals surface area contributed by atoms with E-state index in [4.69, 9.17) is 5.11 Å². The molecule has 92 valence electrons. The molecule has 0 aliphatic rings. The van der Waals surface area contributed by atoms with Gasteiger partial charge in [-0.15, -0.1) is 0 Å². The highest BCUT2D eigenvalue weighted by atomic mass is 16.4. The van der Waals surface area contributed by atoms with Crippen LogP contribution in [-0.4, -0.2) is 42.1 Å². The first kappa shape index (κ1) is 14.2. The quantitative estimate of drug-likeness (QED) is 0.484. The molecule has 0 saturated carbocycles. The van der Waals surface area contributed by atoms with Crippen molar-refractivity contribution in [1.82, 2.24) is 16.0 Å².